The van der Waals surface area contributed by atoms with E-state index in [0.717, 1.165) is 9.13 Å². The molecule has 1 aromatic rings. The molecule has 0 bridgehead atoms. The number of ether oxygens (including phenoxy) is 1. The number of nitrogens with one attached hydrogen (secondary N) is 1. The molecule has 6 heteroatoms. The first-order valence-corrected chi connectivity index (χ1v) is 6.47. The van der Waals surface area contributed by atoms with Crippen molar-refractivity contribution < 1.29 is 9.53 Å². The highest BCUT2D eigenvalue weighted by Gasteiger charge is 2.17. The first-order chi connectivity index (χ1) is 7.69. The Morgan fingerprint density at radius 1 is 1.53 bits per heavy atom. The largest absolute Gasteiger partial charge is 0.444 e. The SMILES string of the molecule is Cc1cc(NC(=O)OC(C)(C)C)nc(Cl)c1I. The number of rotatable bonds is 1. The van der Waals surface area contributed by atoms with Crippen LogP contribution in [0.4, 0.5) is 10.6 Å². The summed E-state index contributed by atoms with van der Waals surface area (Å²) in [6.45, 7) is 7.29. The van der Waals surface area contributed by atoms with Crippen molar-refractivity contribution in [2.45, 2.75) is 33.3 Å². The minimum absolute atomic E-state index is 0.372. The Labute approximate surface area is 119 Å². The average molecular weight is 369 g/mol. The van der Waals surface area contributed by atoms with E-state index in [-0.39, 0.29) is 0 Å². The maximum absolute atomic E-state index is 11.5. The van der Waals surface area contributed by atoms with Crippen LogP contribution >= 0.6 is 34.2 Å². The average Bonchev–Trinajstić information content (AvgIpc) is 2.10. The summed E-state index contributed by atoms with van der Waals surface area (Å²) in [5, 5.41) is 2.92. The van der Waals surface area contributed by atoms with Crippen LogP contribution in [-0.2, 0) is 4.74 Å². The molecule has 17 heavy (non-hydrogen) atoms. The first-order valence-electron chi connectivity index (χ1n) is 5.01. The molecule has 1 aromatic heterocycles. The molecule has 1 N–H and O–H groups in total. The summed E-state index contributed by atoms with van der Waals surface area (Å²) in [4.78, 5) is 15.6. The quantitative estimate of drug-likeness (QED) is 0.602. The zero-order chi connectivity index (χ0) is 13.2. The van der Waals surface area contributed by atoms with Crippen molar-refractivity contribution in [3.8, 4) is 0 Å². The summed E-state index contributed by atoms with van der Waals surface area (Å²) in [6.07, 6.45) is -0.540. The van der Waals surface area contributed by atoms with Gasteiger partial charge in [-0.15, -0.1) is 0 Å². The number of nitrogens with zero attached hydrogens (tertiary/aromatic N) is 1. The van der Waals surface area contributed by atoms with Crippen LogP contribution < -0.4 is 5.32 Å². The third-order valence-corrected chi connectivity index (χ3v) is 3.68. The molecule has 4 nitrogen and oxygen atoms in total. The number of amides is 1. The molecular formula is C11H14ClIN2O2. The van der Waals surface area contributed by atoms with Gasteiger partial charge in [0.25, 0.3) is 0 Å². The summed E-state index contributed by atoms with van der Waals surface area (Å²) >= 11 is 8.03. The number of hydrogen-bond donors (Lipinski definition) is 1. The van der Waals surface area contributed by atoms with E-state index in [0.29, 0.717) is 11.0 Å². The first kappa shape index (κ1) is 14.5. The molecule has 0 atom stereocenters. The third-order valence-electron chi connectivity index (χ3n) is 1.73. The highest BCUT2D eigenvalue weighted by Crippen LogP contribution is 2.23. The van der Waals surface area contributed by atoms with Crippen LogP contribution in [0.3, 0.4) is 0 Å². The van der Waals surface area contributed by atoms with Gasteiger partial charge in [0, 0.05) is 0 Å². The third kappa shape index (κ3) is 4.67. The monoisotopic (exact) mass is 368 g/mol. The van der Waals surface area contributed by atoms with E-state index in [1.807, 2.05) is 6.92 Å². The van der Waals surface area contributed by atoms with Crippen LogP contribution in [0.15, 0.2) is 6.07 Å². The second kappa shape index (κ2) is 5.39. The van der Waals surface area contributed by atoms with Crippen LogP contribution in [0.5, 0.6) is 0 Å². The highest BCUT2D eigenvalue weighted by atomic mass is 127. The highest BCUT2D eigenvalue weighted by molar-refractivity contribution is 14.1. The second-order valence-corrected chi connectivity index (χ2v) is 5.99. The van der Waals surface area contributed by atoms with E-state index in [4.69, 9.17) is 16.3 Å². The number of carbonyl (C=O) groups excluding carboxylic acids is 1. The predicted octanol–water partition coefficient (Wildman–Crippen LogP) is 4.00. The number of aryl methyl sites for hydroxylation is 1. The molecule has 0 aliphatic heterocycles. The lowest BCUT2D eigenvalue weighted by molar-refractivity contribution is 0.0635. The van der Waals surface area contributed by atoms with Gasteiger partial charge in [0.1, 0.15) is 16.6 Å². The Balaban J connectivity index is 2.79. The zero-order valence-corrected chi connectivity index (χ0v) is 13.0. The van der Waals surface area contributed by atoms with Crippen molar-refractivity contribution in [1.29, 1.82) is 0 Å². The minimum atomic E-state index is -0.540. The Bertz CT molecular complexity index is 421. The van der Waals surface area contributed by atoms with Crippen LogP contribution in [0.25, 0.3) is 0 Å². The van der Waals surface area contributed by atoms with Crippen molar-refractivity contribution in [1.82, 2.24) is 4.98 Å². The summed E-state index contributed by atoms with van der Waals surface area (Å²) in [7, 11) is 0. The topological polar surface area (TPSA) is 51.2 Å². The molecule has 0 saturated carbocycles. The fraction of sp³-hybridized carbons (Fsp3) is 0.455. The second-order valence-electron chi connectivity index (χ2n) is 4.56. The van der Waals surface area contributed by atoms with E-state index in [1.165, 1.54) is 0 Å². The fourth-order valence-electron chi connectivity index (χ4n) is 1.09. The summed E-state index contributed by atoms with van der Waals surface area (Å²) in [5.41, 5.74) is 0.420. The number of anilines is 1. The van der Waals surface area contributed by atoms with Gasteiger partial charge in [-0.05, 0) is 61.9 Å². The van der Waals surface area contributed by atoms with Gasteiger partial charge in [-0.2, -0.15) is 0 Å². The predicted molar refractivity (Wildman–Crippen MR) is 76.6 cm³/mol. The minimum Gasteiger partial charge on any atom is -0.444 e. The van der Waals surface area contributed by atoms with Crippen molar-refractivity contribution in [3.63, 3.8) is 0 Å². The van der Waals surface area contributed by atoms with Crippen molar-refractivity contribution in [2.75, 3.05) is 5.32 Å². The molecule has 0 radical (unpaired) electrons. The van der Waals surface area contributed by atoms with Crippen molar-refractivity contribution >= 4 is 46.1 Å². The van der Waals surface area contributed by atoms with Gasteiger partial charge in [-0.3, -0.25) is 5.32 Å². The van der Waals surface area contributed by atoms with Crippen LogP contribution in [0, 0.1) is 10.5 Å². The zero-order valence-electron chi connectivity index (χ0n) is 10.1. The van der Waals surface area contributed by atoms with Gasteiger partial charge in [-0.25, -0.2) is 9.78 Å². The number of pyridine rings is 1. The molecule has 0 aliphatic rings. The summed E-state index contributed by atoms with van der Waals surface area (Å²) in [6, 6.07) is 1.75. The van der Waals surface area contributed by atoms with Crippen LogP contribution in [-0.4, -0.2) is 16.7 Å². The molecule has 0 spiro atoms. The molecule has 0 saturated heterocycles. The van der Waals surface area contributed by atoms with E-state index in [1.54, 1.807) is 26.8 Å². The molecule has 1 amide bonds. The van der Waals surface area contributed by atoms with E-state index < -0.39 is 11.7 Å². The van der Waals surface area contributed by atoms with E-state index in [2.05, 4.69) is 32.9 Å². The lowest BCUT2D eigenvalue weighted by atomic mass is 10.2. The maximum atomic E-state index is 11.5. The number of carbonyl (C=O) groups is 1. The van der Waals surface area contributed by atoms with E-state index in [9.17, 15) is 4.79 Å². The molecule has 0 unspecified atom stereocenters. The smallest absolute Gasteiger partial charge is 0.413 e. The molecule has 0 aromatic carbocycles. The Hall–Kier alpha value is -0.560. The fourth-order valence-corrected chi connectivity index (χ4v) is 1.61. The van der Waals surface area contributed by atoms with Gasteiger partial charge < -0.3 is 4.74 Å². The maximum Gasteiger partial charge on any atom is 0.413 e. The number of hydrogen-bond acceptors (Lipinski definition) is 3. The molecule has 1 heterocycles. The van der Waals surface area contributed by atoms with Gasteiger partial charge in [0.2, 0.25) is 0 Å². The number of halogens is 2. The Kier molecular flexibility index (Phi) is 4.60. The molecule has 1 rings (SSSR count). The van der Waals surface area contributed by atoms with Crippen molar-refractivity contribution in [2.24, 2.45) is 0 Å². The lowest BCUT2D eigenvalue weighted by Gasteiger charge is -2.19. The standard InChI is InChI=1S/C11H14ClIN2O2/c1-6-5-7(14-9(12)8(6)13)15-10(16)17-11(2,3)4/h5H,1-4H3,(H,14,15,16). The summed E-state index contributed by atoms with van der Waals surface area (Å²) in [5.74, 6) is 0.391. The van der Waals surface area contributed by atoms with Crippen molar-refractivity contribution in [3.05, 3.63) is 20.4 Å². The lowest BCUT2D eigenvalue weighted by Crippen LogP contribution is -2.27. The molecule has 0 fully saturated rings. The van der Waals surface area contributed by atoms with Gasteiger partial charge in [0.15, 0.2) is 0 Å². The Morgan fingerprint density at radius 2 is 2.12 bits per heavy atom. The van der Waals surface area contributed by atoms with Gasteiger partial charge in [0.05, 0.1) is 3.57 Å². The Morgan fingerprint density at radius 3 is 2.59 bits per heavy atom. The van der Waals surface area contributed by atoms with E-state index >= 15 is 0 Å². The van der Waals surface area contributed by atoms with Crippen LogP contribution in [0.2, 0.25) is 5.15 Å². The molecular weight excluding hydrogens is 354 g/mol. The van der Waals surface area contributed by atoms with Crippen LogP contribution in [0.1, 0.15) is 26.3 Å². The molecule has 0 aliphatic carbocycles. The molecule has 94 valence electrons. The number of aromatic nitrogens is 1. The summed E-state index contributed by atoms with van der Waals surface area (Å²) < 4.78 is 5.99. The van der Waals surface area contributed by atoms with Gasteiger partial charge in [-0.1, -0.05) is 11.6 Å². The van der Waals surface area contributed by atoms with Gasteiger partial charge >= 0.3 is 6.09 Å². The normalized spacial score (nSPS) is 11.2.